The Morgan fingerprint density at radius 3 is 2.59 bits per heavy atom. The Labute approximate surface area is 107 Å². The van der Waals surface area contributed by atoms with E-state index in [9.17, 15) is 10.2 Å². The molecule has 1 aliphatic rings. The number of rotatable bonds is 2. The highest BCUT2D eigenvalue weighted by Gasteiger charge is 2.39. The Hall–Kier alpha value is -0.570. The van der Waals surface area contributed by atoms with Gasteiger partial charge in [-0.2, -0.15) is 0 Å². The predicted molar refractivity (Wildman–Crippen MR) is 69.0 cm³/mol. The molecule has 0 aromatic heterocycles. The molecule has 0 bridgehead atoms. The van der Waals surface area contributed by atoms with Crippen LogP contribution in [-0.4, -0.2) is 15.8 Å². The normalized spacial score (nSPS) is 31.2. The van der Waals surface area contributed by atoms with Crippen molar-refractivity contribution < 1.29 is 10.2 Å². The first-order chi connectivity index (χ1) is 8.01. The van der Waals surface area contributed by atoms with E-state index in [1.165, 1.54) is 0 Å². The highest BCUT2D eigenvalue weighted by molar-refractivity contribution is 6.30. The molecule has 0 saturated heterocycles. The molecule has 1 aliphatic carbocycles. The van der Waals surface area contributed by atoms with Gasteiger partial charge in [0.2, 0.25) is 0 Å². The van der Waals surface area contributed by atoms with Gasteiger partial charge in [-0.3, -0.25) is 0 Å². The first kappa shape index (κ1) is 12.9. The van der Waals surface area contributed by atoms with Gasteiger partial charge in [0.25, 0.3) is 0 Å². The standard InChI is InChI=1S/C14H19ClO2/c1-10-5-7-14(17,8-6-10)13(16)11-3-2-4-12(15)9-11/h2-4,9-10,13,16-17H,5-8H2,1H3. The molecule has 2 nitrogen and oxygen atoms in total. The second-order valence-corrected chi connectivity index (χ2v) is 5.68. The second kappa shape index (κ2) is 4.97. The Balaban J connectivity index is 2.16. The molecule has 0 amide bonds. The molecule has 17 heavy (non-hydrogen) atoms. The molecule has 1 saturated carbocycles. The minimum absolute atomic E-state index is 0.592. The molecule has 0 aliphatic heterocycles. The Morgan fingerprint density at radius 2 is 2.00 bits per heavy atom. The van der Waals surface area contributed by atoms with Crippen LogP contribution in [0.3, 0.4) is 0 Å². The van der Waals surface area contributed by atoms with E-state index in [1.54, 1.807) is 18.2 Å². The summed E-state index contributed by atoms with van der Waals surface area (Å²) in [6.07, 6.45) is 2.40. The van der Waals surface area contributed by atoms with Crippen molar-refractivity contribution in [3.8, 4) is 0 Å². The van der Waals surface area contributed by atoms with Gasteiger partial charge in [0, 0.05) is 5.02 Å². The van der Waals surface area contributed by atoms with Crippen LogP contribution < -0.4 is 0 Å². The first-order valence-electron chi connectivity index (χ1n) is 6.17. The van der Waals surface area contributed by atoms with Gasteiger partial charge in [0.15, 0.2) is 0 Å². The van der Waals surface area contributed by atoms with Gasteiger partial charge < -0.3 is 10.2 Å². The smallest absolute Gasteiger partial charge is 0.108 e. The van der Waals surface area contributed by atoms with Crippen LogP contribution in [0.25, 0.3) is 0 Å². The van der Waals surface area contributed by atoms with E-state index in [-0.39, 0.29) is 0 Å². The maximum Gasteiger partial charge on any atom is 0.108 e. The summed E-state index contributed by atoms with van der Waals surface area (Å²) in [5.41, 5.74) is -0.286. The number of halogens is 1. The molecule has 94 valence electrons. The van der Waals surface area contributed by atoms with Gasteiger partial charge in [0.05, 0.1) is 5.60 Å². The molecule has 0 heterocycles. The largest absolute Gasteiger partial charge is 0.387 e. The van der Waals surface area contributed by atoms with Crippen LogP contribution in [0.4, 0.5) is 0 Å². The number of benzene rings is 1. The lowest BCUT2D eigenvalue weighted by Crippen LogP contribution is -2.39. The van der Waals surface area contributed by atoms with E-state index < -0.39 is 11.7 Å². The average Bonchev–Trinajstić information content (AvgIpc) is 2.32. The SMILES string of the molecule is CC1CCC(O)(C(O)c2cccc(Cl)c2)CC1. The minimum Gasteiger partial charge on any atom is -0.387 e. The van der Waals surface area contributed by atoms with Crippen molar-refractivity contribution in [1.82, 2.24) is 0 Å². The molecule has 1 unspecified atom stereocenters. The molecule has 0 spiro atoms. The summed E-state index contributed by atoms with van der Waals surface area (Å²) in [6.45, 7) is 2.19. The van der Waals surface area contributed by atoms with Gasteiger partial charge in [-0.1, -0.05) is 30.7 Å². The summed E-state index contributed by atoms with van der Waals surface area (Å²) in [7, 11) is 0. The van der Waals surface area contributed by atoms with E-state index in [1.807, 2.05) is 6.07 Å². The third-order valence-electron chi connectivity index (χ3n) is 3.81. The summed E-state index contributed by atoms with van der Waals surface area (Å²) in [6, 6.07) is 7.11. The lowest BCUT2D eigenvalue weighted by Gasteiger charge is -2.38. The van der Waals surface area contributed by atoms with Crippen molar-refractivity contribution in [3.05, 3.63) is 34.9 Å². The van der Waals surface area contributed by atoms with E-state index in [0.717, 1.165) is 12.8 Å². The quantitative estimate of drug-likeness (QED) is 0.850. The maximum absolute atomic E-state index is 10.5. The lowest BCUT2D eigenvalue weighted by molar-refractivity contribution is -0.105. The second-order valence-electron chi connectivity index (χ2n) is 5.24. The van der Waals surface area contributed by atoms with Crippen molar-refractivity contribution >= 4 is 11.6 Å². The number of aliphatic hydroxyl groups is 2. The van der Waals surface area contributed by atoms with Gasteiger partial charge >= 0.3 is 0 Å². The van der Waals surface area contributed by atoms with Crippen molar-refractivity contribution in [2.75, 3.05) is 0 Å². The number of hydrogen-bond donors (Lipinski definition) is 2. The van der Waals surface area contributed by atoms with Crippen LogP contribution >= 0.6 is 11.6 Å². The summed E-state index contributed by atoms with van der Waals surface area (Å²) >= 11 is 5.90. The van der Waals surface area contributed by atoms with Crippen LogP contribution in [-0.2, 0) is 0 Å². The van der Waals surface area contributed by atoms with E-state index >= 15 is 0 Å². The zero-order valence-electron chi connectivity index (χ0n) is 10.1. The molecule has 1 aromatic rings. The fourth-order valence-electron chi connectivity index (χ4n) is 2.52. The predicted octanol–water partition coefficient (Wildman–Crippen LogP) is 3.31. The van der Waals surface area contributed by atoms with Gasteiger partial charge in [-0.15, -0.1) is 0 Å². The highest BCUT2D eigenvalue weighted by atomic mass is 35.5. The summed E-state index contributed by atoms with van der Waals surface area (Å²) in [5.74, 6) is 0.641. The molecule has 3 heteroatoms. The van der Waals surface area contributed by atoms with Crippen molar-refractivity contribution in [3.63, 3.8) is 0 Å². The molecule has 1 atom stereocenters. The zero-order chi connectivity index (χ0) is 12.5. The summed E-state index contributed by atoms with van der Waals surface area (Å²) in [5, 5.41) is 21.4. The summed E-state index contributed by atoms with van der Waals surface area (Å²) in [4.78, 5) is 0. The van der Waals surface area contributed by atoms with Crippen LogP contribution in [0.5, 0.6) is 0 Å². The third kappa shape index (κ3) is 2.82. The van der Waals surface area contributed by atoms with Gasteiger partial charge in [-0.05, 0) is 49.3 Å². The monoisotopic (exact) mass is 254 g/mol. The van der Waals surface area contributed by atoms with Crippen LogP contribution in [0, 0.1) is 5.92 Å². The molecule has 2 rings (SSSR count). The van der Waals surface area contributed by atoms with Crippen molar-refractivity contribution in [2.24, 2.45) is 5.92 Å². The minimum atomic E-state index is -0.989. The Kier molecular flexibility index (Phi) is 3.76. The van der Waals surface area contributed by atoms with Crippen LogP contribution in [0.15, 0.2) is 24.3 Å². The molecule has 1 aromatic carbocycles. The highest BCUT2D eigenvalue weighted by Crippen LogP contribution is 2.40. The van der Waals surface area contributed by atoms with E-state index in [0.29, 0.717) is 29.3 Å². The first-order valence-corrected chi connectivity index (χ1v) is 6.55. The fraction of sp³-hybridized carbons (Fsp3) is 0.571. The summed E-state index contributed by atoms with van der Waals surface area (Å²) < 4.78 is 0. The maximum atomic E-state index is 10.5. The topological polar surface area (TPSA) is 40.5 Å². The van der Waals surface area contributed by atoms with Crippen LogP contribution in [0.2, 0.25) is 5.02 Å². The van der Waals surface area contributed by atoms with Gasteiger partial charge in [-0.25, -0.2) is 0 Å². The van der Waals surface area contributed by atoms with E-state index in [4.69, 9.17) is 11.6 Å². The van der Waals surface area contributed by atoms with E-state index in [2.05, 4.69) is 6.92 Å². The molecule has 1 fully saturated rings. The zero-order valence-corrected chi connectivity index (χ0v) is 10.8. The Morgan fingerprint density at radius 1 is 1.35 bits per heavy atom. The Bertz CT molecular complexity index is 384. The van der Waals surface area contributed by atoms with Crippen molar-refractivity contribution in [2.45, 2.75) is 44.3 Å². The molecule has 2 N–H and O–H groups in total. The van der Waals surface area contributed by atoms with Gasteiger partial charge in [0.1, 0.15) is 6.10 Å². The molecular formula is C14H19ClO2. The number of aliphatic hydroxyl groups excluding tert-OH is 1. The fourth-order valence-corrected chi connectivity index (χ4v) is 2.72. The third-order valence-corrected chi connectivity index (χ3v) is 4.05. The number of hydrogen-bond acceptors (Lipinski definition) is 2. The van der Waals surface area contributed by atoms with Crippen LogP contribution in [0.1, 0.15) is 44.3 Å². The lowest BCUT2D eigenvalue weighted by atomic mass is 9.75. The average molecular weight is 255 g/mol. The molecular weight excluding hydrogens is 236 g/mol. The molecule has 0 radical (unpaired) electrons. The van der Waals surface area contributed by atoms with Crippen molar-refractivity contribution in [1.29, 1.82) is 0 Å².